The summed E-state index contributed by atoms with van der Waals surface area (Å²) in [5.41, 5.74) is 1.98. The normalized spacial score (nSPS) is 11.0. The molecule has 0 aliphatic rings. The molecule has 7 heteroatoms. The lowest BCUT2D eigenvalue weighted by Gasteiger charge is -2.29. The number of ether oxygens (including phenoxy) is 2. The minimum atomic E-state index is -0.182. The Balaban J connectivity index is 1.72. The van der Waals surface area contributed by atoms with E-state index in [0.717, 1.165) is 16.0 Å². The van der Waals surface area contributed by atoms with Crippen LogP contribution in [0.1, 0.15) is 29.9 Å². The number of benzene rings is 2. The van der Waals surface area contributed by atoms with Gasteiger partial charge in [-0.05, 0) is 61.1 Å². The molecule has 0 aliphatic heterocycles. The fraction of sp³-hybridized carbons (Fsp3) is 0.310. The van der Waals surface area contributed by atoms with Crippen molar-refractivity contribution in [3.63, 3.8) is 0 Å². The lowest BCUT2D eigenvalue weighted by atomic mass is 10.1. The number of carbonyl (C=O) groups excluding carboxylic acids is 2. The number of methoxy groups -OCH3 is 2. The Kier molecular flexibility index (Phi) is 10.1. The molecule has 0 bridgehead atoms. The first-order valence-electron chi connectivity index (χ1n) is 12.0. The predicted molar refractivity (Wildman–Crippen MR) is 145 cm³/mol. The van der Waals surface area contributed by atoms with E-state index in [0.29, 0.717) is 31.0 Å². The van der Waals surface area contributed by atoms with Gasteiger partial charge in [-0.15, -0.1) is 11.3 Å². The summed E-state index contributed by atoms with van der Waals surface area (Å²) in [4.78, 5) is 31.0. The molecule has 0 spiro atoms. The summed E-state index contributed by atoms with van der Waals surface area (Å²) in [5, 5.41) is 2.00. The van der Waals surface area contributed by atoms with Crippen molar-refractivity contribution in [2.24, 2.45) is 0 Å². The molecule has 2 aromatic carbocycles. The second-order valence-corrected chi connectivity index (χ2v) is 9.67. The molecule has 0 saturated heterocycles. The van der Waals surface area contributed by atoms with E-state index in [1.165, 1.54) is 6.08 Å². The third kappa shape index (κ3) is 7.71. The summed E-state index contributed by atoms with van der Waals surface area (Å²) in [6.07, 6.45) is 3.97. The van der Waals surface area contributed by atoms with Gasteiger partial charge in [0, 0.05) is 23.5 Å². The van der Waals surface area contributed by atoms with Crippen LogP contribution in [0.5, 0.6) is 11.5 Å². The number of carbonyl (C=O) groups is 2. The van der Waals surface area contributed by atoms with Crippen LogP contribution in [-0.4, -0.2) is 55.0 Å². The van der Waals surface area contributed by atoms with Crippen molar-refractivity contribution < 1.29 is 19.1 Å². The number of nitrogens with zero attached hydrogens (tertiary/aromatic N) is 2. The molecule has 0 radical (unpaired) electrons. The zero-order valence-corrected chi connectivity index (χ0v) is 22.2. The zero-order chi connectivity index (χ0) is 25.9. The fourth-order valence-corrected chi connectivity index (χ4v) is 4.49. The van der Waals surface area contributed by atoms with Gasteiger partial charge < -0.3 is 19.3 Å². The summed E-state index contributed by atoms with van der Waals surface area (Å²) in [6.45, 7) is 4.90. The van der Waals surface area contributed by atoms with E-state index in [9.17, 15) is 9.59 Å². The second-order valence-electron chi connectivity index (χ2n) is 8.64. The van der Waals surface area contributed by atoms with Gasteiger partial charge in [0.05, 0.1) is 20.8 Å². The van der Waals surface area contributed by atoms with Gasteiger partial charge in [-0.1, -0.05) is 42.5 Å². The van der Waals surface area contributed by atoms with Crippen LogP contribution in [-0.2, 0) is 22.6 Å². The molecule has 1 heterocycles. The molecule has 1 aromatic heterocycles. The molecule has 6 nitrogen and oxygen atoms in total. The van der Waals surface area contributed by atoms with Crippen molar-refractivity contribution in [1.29, 1.82) is 0 Å². The van der Waals surface area contributed by atoms with Crippen molar-refractivity contribution in [3.8, 4) is 11.5 Å². The monoisotopic (exact) mass is 506 g/mol. The van der Waals surface area contributed by atoms with Crippen molar-refractivity contribution in [1.82, 2.24) is 9.80 Å². The van der Waals surface area contributed by atoms with E-state index < -0.39 is 0 Å². The number of hydrogen-bond acceptors (Lipinski definition) is 5. The van der Waals surface area contributed by atoms with Crippen LogP contribution in [0.25, 0.3) is 6.08 Å². The van der Waals surface area contributed by atoms with Crippen LogP contribution in [0.15, 0.2) is 72.1 Å². The van der Waals surface area contributed by atoms with Crippen LogP contribution >= 0.6 is 11.3 Å². The SMILES string of the molecule is COc1ccc(CCN(Cc2cccs2)C(=O)CN(C(=O)/C=C/c2ccccc2)C(C)C)cc1OC. The van der Waals surface area contributed by atoms with E-state index in [-0.39, 0.29) is 24.4 Å². The van der Waals surface area contributed by atoms with Gasteiger partial charge in [-0.3, -0.25) is 9.59 Å². The number of thiophene rings is 1. The maximum atomic E-state index is 13.5. The average molecular weight is 507 g/mol. The van der Waals surface area contributed by atoms with E-state index in [1.807, 2.05) is 84.8 Å². The maximum absolute atomic E-state index is 13.5. The standard InChI is InChI=1S/C29H34N2O4S/c1-22(2)31(28(32)15-13-23-9-6-5-7-10-23)21-29(33)30(20-25-11-8-18-36-25)17-16-24-12-14-26(34-3)27(19-24)35-4/h5-15,18-19,22H,16-17,20-21H2,1-4H3/b15-13+. The highest BCUT2D eigenvalue weighted by Crippen LogP contribution is 2.28. The Morgan fingerprint density at radius 3 is 2.36 bits per heavy atom. The highest BCUT2D eigenvalue weighted by Gasteiger charge is 2.23. The molecule has 190 valence electrons. The lowest BCUT2D eigenvalue weighted by molar-refractivity contribution is -0.139. The number of rotatable bonds is 12. The zero-order valence-electron chi connectivity index (χ0n) is 21.3. The molecule has 0 fully saturated rings. The van der Waals surface area contributed by atoms with Crippen molar-refractivity contribution in [2.45, 2.75) is 32.9 Å². The minimum Gasteiger partial charge on any atom is -0.493 e. The Labute approximate surface area is 217 Å². The Hall–Kier alpha value is -3.58. The third-order valence-corrected chi connectivity index (χ3v) is 6.69. The Morgan fingerprint density at radius 2 is 1.72 bits per heavy atom. The van der Waals surface area contributed by atoms with E-state index >= 15 is 0 Å². The van der Waals surface area contributed by atoms with E-state index in [2.05, 4.69) is 0 Å². The van der Waals surface area contributed by atoms with Crippen LogP contribution in [0.2, 0.25) is 0 Å². The van der Waals surface area contributed by atoms with Gasteiger partial charge in [0.2, 0.25) is 11.8 Å². The molecular formula is C29H34N2O4S. The molecule has 0 aliphatic carbocycles. The average Bonchev–Trinajstić information content (AvgIpc) is 3.41. The van der Waals surface area contributed by atoms with Crippen molar-refractivity contribution >= 4 is 29.2 Å². The van der Waals surface area contributed by atoms with Crippen molar-refractivity contribution in [2.75, 3.05) is 27.3 Å². The van der Waals surface area contributed by atoms with Gasteiger partial charge >= 0.3 is 0 Å². The van der Waals surface area contributed by atoms with Gasteiger partial charge in [0.15, 0.2) is 11.5 Å². The number of amides is 2. The summed E-state index contributed by atoms with van der Waals surface area (Å²) in [6, 6.07) is 19.3. The molecule has 3 aromatic rings. The first kappa shape index (κ1) is 27.0. The molecule has 0 atom stereocenters. The summed E-state index contributed by atoms with van der Waals surface area (Å²) in [5.74, 6) is 1.06. The van der Waals surface area contributed by atoms with E-state index in [1.54, 1.807) is 36.5 Å². The summed E-state index contributed by atoms with van der Waals surface area (Å²) in [7, 11) is 3.22. The molecule has 0 unspecified atom stereocenters. The summed E-state index contributed by atoms with van der Waals surface area (Å²) < 4.78 is 10.8. The number of hydrogen-bond donors (Lipinski definition) is 0. The fourth-order valence-electron chi connectivity index (χ4n) is 3.77. The first-order valence-corrected chi connectivity index (χ1v) is 12.8. The molecular weight excluding hydrogens is 472 g/mol. The molecule has 36 heavy (non-hydrogen) atoms. The smallest absolute Gasteiger partial charge is 0.247 e. The summed E-state index contributed by atoms with van der Waals surface area (Å²) >= 11 is 1.62. The van der Waals surface area contributed by atoms with Crippen LogP contribution in [0, 0.1) is 0 Å². The second kappa shape index (κ2) is 13.5. The largest absolute Gasteiger partial charge is 0.493 e. The van der Waals surface area contributed by atoms with Gasteiger partial charge in [-0.25, -0.2) is 0 Å². The molecule has 0 saturated carbocycles. The molecule has 3 rings (SSSR count). The lowest BCUT2D eigenvalue weighted by Crippen LogP contribution is -2.45. The molecule has 0 N–H and O–H groups in total. The Morgan fingerprint density at radius 1 is 0.972 bits per heavy atom. The Bertz CT molecular complexity index is 1140. The van der Waals surface area contributed by atoms with Gasteiger partial charge in [0.1, 0.15) is 6.54 Å². The highest BCUT2D eigenvalue weighted by molar-refractivity contribution is 7.09. The maximum Gasteiger partial charge on any atom is 0.247 e. The van der Waals surface area contributed by atoms with Crippen LogP contribution in [0.3, 0.4) is 0 Å². The van der Waals surface area contributed by atoms with Crippen LogP contribution in [0.4, 0.5) is 0 Å². The third-order valence-electron chi connectivity index (χ3n) is 5.83. The van der Waals surface area contributed by atoms with Gasteiger partial charge in [0.25, 0.3) is 0 Å². The first-order chi connectivity index (χ1) is 17.4. The quantitative estimate of drug-likeness (QED) is 0.313. The topological polar surface area (TPSA) is 59.1 Å². The van der Waals surface area contributed by atoms with E-state index in [4.69, 9.17) is 9.47 Å². The molecule has 2 amide bonds. The van der Waals surface area contributed by atoms with Crippen LogP contribution < -0.4 is 9.47 Å². The predicted octanol–water partition coefficient (Wildman–Crippen LogP) is 5.29. The minimum absolute atomic E-state index is 0.0208. The van der Waals surface area contributed by atoms with Crippen molar-refractivity contribution in [3.05, 3.63) is 88.1 Å². The highest BCUT2D eigenvalue weighted by atomic mass is 32.1. The van der Waals surface area contributed by atoms with Gasteiger partial charge in [-0.2, -0.15) is 0 Å².